The average Bonchev–Trinajstić information content (AvgIpc) is 2.04. The summed E-state index contributed by atoms with van der Waals surface area (Å²) in [5, 5.41) is 9.06. The molecule has 13 heavy (non-hydrogen) atoms. The van der Waals surface area contributed by atoms with E-state index in [4.69, 9.17) is 14.6 Å². The Hall–Kier alpha value is -0.610. The predicted octanol–water partition coefficient (Wildman–Crippen LogP) is 1.05. The van der Waals surface area contributed by atoms with E-state index >= 15 is 0 Å². The minimum Gasteiger partial charge on any atom is -0.479 e. The van der Waals surface area contributed by atoms with Gasteiger partial charge < -0.3 is 14.6 Å². The first-order valence-electron chi connectivity index (χ1n) is 4.56. The number of ether oxygens (including phenoxy) is 2. The van der Waals surface area contributed by atoms with Crippen molar-refractivity contribution in [1.82, 2.24) is 0 Å². The molecule has 1 aliphatic rings. The average molecular weight is 188 g/mol. The lowest BCUT2D eigenvalue weighted by atomic mass is 9.94. The summed E-state index contributed by atoms with van der Waals surface area (Å²) < 4.78 is 10.6. The van der Waals surface area contributed by atoms with Crippen molar-refractivity contribution in [3.63, 3.8) is 0 Å². The largest absolute Gasteiger partial charge is 0.479 e. The molecule has 0 amide bonds. The van der Waals surface area contributed by atoms with Crippen molar-refractivity contribution < 1.29 is 19.4 Å². The molecule has 0 spiro atoms. The molecule has 1 N–H and O–H groups in total. The van der Waals surface area contributed by atoms with E-state index < -0.39 is 11.6 Å². The third-order valence-corrected chi connectivity index (χ3v) is 2.15. The summed E-state index contributed by atoms with van der Waals surface area (Å²) in [6.45, 7) is 4.64. The molecular formula is C9H16O4. The Kier molecular flexibility index (Phi) is 3.27. The SMILES string of the molecule is CC(C)OC1(C(=O)O)CCOCC1. The zero-order valence-corrected chi connectivity index (χ0v) is 8.08. The van der Waals surface area contributed by atoms with Crippen LogP contribution in [0.1, 0.15) is 26.7 Å². The van der Waals surface area contributed by atoms with Crippen LogP contribution in [0.25, 0.3) is 0 Å². The van der Waals surface area contributed by atoms with Crippen molar-refractivity contribution in [3.8, 4) is 0 Å². The van der Waals surface area contributed by atoms with E-state index in [1.807, 2.05) is 13.8 Å². The standard InChI is InChI=1S/C9H16O4/c1-7(2)13-9(8(10)11)3-5-12-6-4-9/h7H,3-6H2,1-2H3,(H,10,11). The van der Waals surface area contributed by atoms with Crippen LogP contribution >= 0.6 is 0 Å². The second kappa shape index (κ2) is 4.07. The summed E-state index contributed by atoms with van der Waals surface area (Å²) in [5.41, 5.74) is -1.01. The number of carboxylic acid groups (broad SMARTS) is 1. The highest BCUT2D eigenvalue weighted by atomic mass is 16.5. The molecule has 0 aromatic carbocycles. The lowest BCUT2D eigenvalue weighted by molar-refractivity contribution is -0.185. The zero-order valence-electron chi connectivity index (χ0n) is 8.08. The fourth-order valence-electron chi connectivity index (χ4n) is 1.53. The van der Waals surface area contributed by atoms with Gasteiger partial charge in [0.2, 0.25) is 0 Å². The van der Waals surface area contributed by atoms with Gasteiger partial charge in [-0.3, -0.25) is 0 Å². The van der Waals surface area contributed by atoms with Gasteiger partial charge >= 0.3 is 5.97 Å². The van der Waals surface area contributed by atoms with Crippen molar-refractivity contribution >= 4 is 5.97 Å². The molecule has 1 rings (SSSR count). The molecule has 4 heteroatoms. The van der Waals surface area contributed by atoms with E-state index in [9.17, 15) is 4.79 Å². The van der Waals surface area contributed by atoms with Crippen LogP contribution in [-0.4, -0.2) is 36.0 Å². The molecule has 1 fully saturated rings. The zero-order chi connectivity index (χ0) is 9.90. The van der Waals surface area contributed by atoms with Crippen LogP contribution in [0.15, 0.2) is 0 Å². The van der Waals surface area contributed by atoms with Crippen LogP contribution in [0.5, 0.6) is 0 Å². The molecule has 1 heterocycles. The van der Waals surface area contributed by atoms with Gasteiger partial charge in [0.15, 0.2) is 5.60 Å². The summed E-state index contributed by atoms with van der Waals surface area (Å²) in [4.78, 5) is 11.0. The van der Waals surface area contributed by atoms with Gasteiger partial charge in [-0.05, 0) is 13.8 Å². The van der Waals surface area contributed by atoms with E-state index in [0.29, 0.717) is 26.1 Å². The second-order valence-corrected chi connectivity index (χ2v) is 3.58. The van der Waals surface area contributed by atoms with E-state index in [1.165, 1.54) is 0 Å². The highest BCUT2D eigenvalue weighted by Crippen LogP contribution is 2.26. The van der Waals surface area contributed by atoms with E-state index in [-0.39, 0.29) is 6.10 Å². The van der Waals surface area contributed by atoms with Crippen molar-refractivity contribution in [2.24, 2.45) is 0 Å². The Morgan fingerprint density at radius 1 is 1.46 bits per heavy atom. The van der Waals surface area contributed by atoms with Crippen molar-refractivity contribution in [2.75, 3.05) is 13.2 Å². The van der Waals surface area contributed by atoms with Crippen molar-refractivity contribution in [1.29, 1.82) is 0 Å². The van der Waals surface area contributed by atoms with Gasteiger partial charge in [-0.1, -0.05) is 0 Å². The van der Waals surface area contributed by atoms with Gasteiger partial charge in [-0.25, -0.2) is 4.79 Å². The molecule has 1 saturated heterocycles. The molecule has 76 valence electrons. The quantitative estimate of drug-likeness (QED) is 0.719. The van der Waals surface area contributed by atoms with Crippen molar-refractivity contribution in [2.45, 2.75) is 38.4 Å². The number of carbonyl (C=O) groups is 1. The number of aliphatic carboxylic acids is 1. The minimum atomic E-state index is -1.01. The second-order valence-electron chi connectivity index (χ2n) is 3.58. The highest BCUT2D eigenvalue weighted by Gasteiger charge is 2.42. The van der Waals surface area contributed by atoms with Gasteiger partial charge in [0.1, 0.15) is 0 Å². The molecule has 0 atom stereocenters. The Morgan fingerprint density at radius 2 is 2.00 bits per heavy atom. The molecular weight excluding hydrogens is 172 g/mol. The van der Waals surface area contributed by atoms with Crippen LogP contribution in [0.3, 0.4) is 0 Å². The summed E-state index contributed by atoms with van der Waals surface area (Å²) in [7, 11) is 0. The topological polar surface area (TPSA) is 55.8 Å². The first kappa shape index (κ1) is 10.5. The lowest BCUT2D eigenvalue weighted by Gasteiger charge is -2.34. The van der Waals surface area contributed by atoms with Crippen molar-refractivity contribution in [3.05, 3.63) is 0 Å². The summed E-state index contributed by atoms with van der Waals surface area (Å²) in [6, 6.07) is 0. The van der Waals surface area contributed by atoms with Gasteiger partial charge in [-0.2, -0.15) is 0 Å². The van der Waals surface area contributed by atoms with Crippen LogP contribution in [-0.2, 0) is 14.3 Å². The molecule has 0 aliphatic carbocycles. The maximum atomic E-state index is 11.0. The van der Waals surface area contributed by atoms with E-state index in [2.05, 4.69) is 0 Å². The van der Waals surface area contributed by atoms with Gasteiger partial charge in [0, 0.05) is 26.1 Å². The molecule has 0 aromatic heterocycles. The Balaban J connectivity index is 2.67. The molecule has 0 radical (unpaired) electrons. The van der Waals surface area contributed by atoms with Crippen LogP contribution in [0.4, 0.5) is 0 Å². The Bertz CT molecular complexity index is 182. The fourth-order valence-corrected chi connectivity index (χ4v) is 1.53. The Labute approximate surface area is 77.8 Å². The summed E-state index contributed by atoms with van der Waals surface area (Å²) in [6.07, 6.45) is 0.829. The molecule has 0 unspecified atom stereocenters. The number of carboxylic acids is 1. The first-order valence-corrected chi connectivity index (χ1v) is 4.56. The van der Waals surface area contributed by atoms with Crippen LogP contribution in [0.2, 0.25) is 0 Å². The molecule has 0 bridgehead atoms. The summed E-state index contributed by atoms with van der Waals surface area (Å²) in [5.74, 6) is -0.871. The molecule has 1 aliphatic heterocycles. The van der Waals surface area contributed by atoms with Gasteiger partial charge in [-0.15, -0.1) is 0 Å². The normalized spacial score (nSPS) is 21.8. The monoisotopic (exact) mass is 188 g/mol. The summed E-state index contributed by atoms with van der Waals surface area (Å²) >= 11 is 0. The number of hydrogen-bond acceptors (Lipinski definition) is 3. The first-order chi connectivity index (χ1) is 6.07. The number of rotatable bonds is 3. The van der Waals surface area contributed by atoms with Crippen LogP contribution in [0, 0.1) is 0 Å². The Morgan fingerprint density at radius 3 is 2.38 bits per heavy atom. The smallest absolute Gasteiger partial charge is 0.336 e. The van der Waals surface area contributed by atoms with Gasteiger partial charge in [0.25, 0.3) is 0 Å². The van der Waals surface area contributed by atoms with Crippen LogP contribution < -0.4 is 0 Å². The number of hydrogen-bond donors (Lipinski definition) is 1. The third kappa shape index (κ3) is 2.42. The molecule has 0 aromatic rings. The molecule has 4 nitrogen and oxygen atoms in total. The molecule has 0 saturated carbocycles. The van der Waals surface area contributed by atoms with E-state index in [1.54, 1.807) is 0 Å². The maximum Gasteiger partial charge on any atom is 0.336 e. The maximum absolute atomic E-state index is 11.0. The predicted molar refractivity (Wildman–Crippen MR) is 46.6 cm³/mol. The lowest BCUT2D eigenvalue weighted by Crippen LogP contribution is -2.47. The highest BCUT2D eigenvalue weighted by molar-refractivity contribution is 5.77. The fraction of sp³-hybridized carbons (Fsp3) is 0.889. The van der Waals surface area contributed by atoms with Gasteiger partial charge in [0.05, 0.1) is 6.10 Å². The third-order valence-electron chi connectivity index (χ3n) is 2.15. The van der Waals surface area contributed by atoms with E-state index in [0.717, 1.165) is 0 Å². The minimum absolute atomic E-state index is 0.0609.